The Morgan fingerprint density at radius 3 is 2.65 bits per heavy atom. The summed E-state index contributed by atoms with van der Waals surface area (Å²) in [5.41, 5.74) is 2.72. The van der Waals surface area contributed by atoms with E-state index in [1.165, 1.54) is 10.4 Å². The van der Waals surface area contributed by atoms with Crippen LogP contribution < -0.4 is 5.32 Å². The number of likely N-dealkylation sites (tertiary alicyclic amines) is 1. The number of nitrogens with zero attached hydrogens (tertiary/aromatic N) is 2. The summed E-state index contributed by atoms with van der Waals surface area (Å²) >= 11 is 1.67. The van der Waals surface area contributed by atoms with Gasteiger partial charge in [-0.2, -0.15) is 0 Å². The number of carbonyl (C=O) groups is 2. The van der Waals surface area contributed by atoms with E-state index in [0.29, 0.717) is 31.7 Å². The van der Waals surface area contributed by atoms with Crippen LogP contribution in [-0.2, 0) is 16.1 Å². The molecule has 1 aliphatic rings. The fraction of sp³-hybridized carbons (Fsp3) is 0.421. The lowest BCUT2D eigenvalue weighted by Crippen LogP contribution is -2.46. The number of amides is 1. The number of nitrogens with one attached hydrogen (secondary N) is 1. The third-order valence-electron chi connectivity index (χ3n) is 4.76. The summed E-state index contributed by atoms with van der Waals surface area (Å²) in [6.45, 7) is 5.66. The molecule has 1 fully saturated rings. The second kappa shape index (κ2) is 7.97. The summed E-state index contributed by atoms with van der Waals surface area (Å²) in [5, 5.41) is 14.4. The van der Waals surface area contributed by atoms with Crippen molar-refractivity contribution in [2.75, 3.05) is 18.4 Å². The number of hydrogen-bond acceptors (Lipinski definition) is 5. The Balaban J connectivity index is 1.70. The average molecular weight is 373 g/mol. The van der Waals surface area contributed by atoms with E-state index in [9.17, 15) is 14.7 Å². The molecule has 1 amide bonds. The molecule has 2 aromatic heterocycles. The van der Waals surface area contributed by atoms with E-state index < -0.39 is 11.9 Å². The van der Waals surface area contributed by atoms with Crippen LogP contribution in [0.3, 0.4) is 0 Å². The van der Waals surface area contributed by atoms with Crippen molar-refractivity contribution in [2.45, 2.75) is 26.8 Å². The average Bonchev–Trinajstić information content (AvgIpc) is 3.01. The van der Waals surface area contributed by atoms with Crippen LogP contribution in [0.4, 0.5) is 5.69 Å². The number of aromatic nitrogens is 1. The van der Waals surface area contributed by atoms with Gasteiger partial charge < -0.3 is 10.4 Å². The van der Waals surface area contributed by atoms with Crippen LogP contribution in [0.2, 0.25) is 0 Å². The summed E-state index contributed by atoms with van der Waals surface area (Å²) in [5.74, 6) is -1.87. The number of aryl methyl sites for hydroxylation is 2. The number of carbonyl (C=O) groups excluding carboxylic acids is 1. The number of thiophene rings is 1. The molecule has 0 aliphatic carbocycles. The van der Waals surface area contributed by atoms with Gasteiger partial charge in [-0.15, -0.1) is 11.3 Å². The molecular formula is C19H23N3O3S. The highest BCUT2D eigenvalue weighted by atomic mass is 32.1. The van der Waals surface area contributed by atoms with Gasteiger partial charge in [0, 0.05) is 30.2 Å². The van der Waals surface area contributed by atoms with E-state index in [0.717, 1.165) is 5.69 Å². The minimum atomic E-state index is -0.840. The number of rotatable bonds is 5. The van der Waals surface area contributed by atoms with Gasteiger partial charge in [-0.05, 0) is 49.4 Å². The van der Waals surface area contributed by atoms with Gasteiger partial charge in [0.1, 0.15) is 0 Å². The summed E-state index contributed by atoms with van der Waals surface area (Å²) in [6, 6.07) is 5.71. The Hall–Kier alpha value is -2.25. The van der Waals surface area contributed by atoms with Crippen LogP contribution in [0, 0.1) is 25.7 Å². The van der Waals surface area contributed by atoms with Gasteiger partial charge in [-0.3, -0.25) is 19.5 Å². The van der Waals surface area contributed by atoms with Gasteiger partial charge in [-0.25, -0.2) is 0 Å². The molecule has 2 aromatic rings. The van der Waals surface area contributed by atoms with Crippen LogP contribution in [0.15, 0.2) is 29.8 Å². The number of hydrogen-bond donors (Lipinski definition) is 2. The molecule has 7 heteroatoms. The van der Waals surface area contributed by atoms with Crippen molar-refractivity contribution in [2.24, 2.45) is 11.8 Å². The molecule has 0 saturated carbocycles. The highest BCUT2D eigenvalue weighted by Crippen LogP contribution is 2.27. The summed E-state index contributed by atoms with van der Waals surface area (Å²) in [7, 11) is 0. The summed E-state index contributed by atoms with van der Waals surface area (Å²) in [6.07, 6.45) is 1.98. The molecule has 3 rings (SSSR count). The molecular weight excluding hydrogens is 350 g/mol. The first-order valence-corrected chi connectivity index (χ1v) is 9.52. The van der Waals surface area contributed by atoms with Gasteiger partial charge in [0.2, 0.25) is 5.91 Å². The second-order valence-electron chi connectivity index (χ2n) is 6.87. The van der Waals surface area contributed by atoms with E-state index in [1.807, 2.05) is 24.4 Å². The molecule has 1 aliphatic heterocycles. The molecule has 0 spiro atoms. The van der Waals surface area contributed by atoms with Crippen molar-refractivity contribution in [3.05, 3.63) is 45.9 Å². The molecule has 26 heavy (non-hydrogen) atoms. The van der Waals surface area contributed by atoms with E-state index in [4.69, 9.17) is 0 Å². The minimum Gasteiger partial charge on any atom is -0.481 e. The molecule has 0 unspecified atom stereocenters. The van der Waals surface area contributed by atoms with E-state index in [-0.39, 0.29) is 11.8 Å². The first kappa shape index (κ1) is 18.5. The maximum Gasteiger partial charge on any atom is 0.307 e. The number of carboxylic acids is 1. The molecule has 0 radical (unpaired) electrons. The number of aliphatic carboxylic acids is 1. The molecule has 2 N–H and O–H groups in total. The van der Waals surface area contributed by atoms with Crippen LogP contribution in [0.25, 0.3) is 0 Å². The zero-order valence-electron chi connectivity index (χ0n) is 14.9. The fourth-order valence-corrected chi connectivity index (χ4v) is 4.19. The zero-order valence-corrected chi connectivity index (χ0v) is 15.8. The smallest absolute Gasteiger partial charge is 0.307 e. The first-order chi connectivity index (χ1) is 12.4. The number of pyridine rings is 1. The highest BCUT2D eigenvalue weighted by Gasteiger charge is 2.35. The van der Waals surface area contributed by atoms with Crippen LogP contribution in [0.5, 0.6) is 0 Å². The Morgan fingerprint density at radius 1 is 1.27 bits per heavy atom. The second-order valence-corrected chi connectivity index (χ2v) is 7.87. The quantitative estimate of drug-likeness (QED) is 0.842. The van der Waals surface area contributed by atoms with Crippen molar-refractivity contribution >= 4 is 28.9 Å². The summed E-state index contributed by atoms with van der Waals surface area (Å²) in [4.78, 5) is 31.7. The Kier molecular flexibility index (Phi) is 5.68. The minimum absolute atomic E-state index is 0.144. The van der Waals surface area contributed by atoms with Crippen molar-refractivity contribution in [1.82, 2.24) is 9.88 Å². The van der Waals surface area contributed by atoms with Crippen LogP contribution >= 0.6 is 11.3 Å². The predicted molar refractivity (Wildman–Crippen MR) is 101 cm³/mol. The molecule has 6 nitrogen and oxygen atoms in total. The largest absolute Gasteiger partial charge is 0.481 e. The first-order valence-electron chi connectivity index (χ1n) is 8.64. The van der Waals surface area contributed by atoms with Crippen molar-refractivity contribution < 1.29 is 14.7 Å². The maximum atomic E-state index is 12.7. The van der Waals surface area contributed by atoms with Gasteiger partial charge in [0.15, 0.2) is 0 Å². The van der Waals surface area contributed by atoms with Gasteiger partial charge >= 0.3 is 5.97 Å². The Labute approximate surface area is 156 Å². The standard InChI is InChI=1S/C19H23N3O3S/c1-12-5-6-26-17(12)11-22-9-14(7-15(10-22)19(24)25)18(23)21-16-4-3-13(2)20-8-16/h3-6,8,14-15H,7,9-11H2,1-2H3,(H,21,23)(H,24,25)/t14-,15+/m0/s1. The predicted octanol–water partition coefficient (Wildman–Crippen LogP) is 2.92. The van der Waals surface area contributed by atoms with Gasteiger partial charge in [0.05, 0.1) is 23.7 Å². The van der Waals surface area contributed by atoms with E-state index in [2.05, 4.69) is 28.2 Å². The van der Waals surface area contributed by atoms with Crippen LogP contribution in [0.1, 0.15) is 22.6 Å². The molecule has 1 saturated heterocycles. The lowest BCUT2D eigenvalue weighted by molar-refractivity contribution is -0.145. The molecule has 0 bridgehead atoms. The highest BCUT2D eigenvalue weighted by molar-refractivity contribution is 7.10. The van der Waals surface area contributed by atoms with Crippen molar-refractivity contribution in [3.8, 4) is 0 Å². The normalized spacial score (nSPS) is 20.7. The third-order valence-corrected chi connectivity index (χ3v) is 5.77. The van der Waals surface area contributed by atoms with Crippen molar-refractivity contribution in [1.29, 1.82) is 0 Å². The van der Waals surface area contributed by atoms with Crippen LogP contribution in [-0.4, -0.2) is 40.0 Å². The number of piperidine rings is 1. The topological polar surface area (TPSA) is 82.5 Å². The lowest BCUT2D eigenvalue weighted by Gasteiger charge is -2.35. The van der Waals surface area contributed by atoms with E-state index >= 15 is 0 Å². The lowest BCUT2D eigenvalue weighted by atomic mass is 9.88. The van der Waals surface area contributed by atoms with Crippen molar-refractivity contribution in [3.63, 3.8) is 0 Å². The monoisotopic (exact) mass is 373 g/mol. The molecule has 138 valence electrons. The van der Waals surface area contributed by atoms with Gasteiger partial charge in [-0.1, -0.05) is 0 Å². The fourth-order valence-electron chi connectivity index (χ4n) is 3.24. The number of carboxylic acid groups (broad SMARTS) is 1. The third kappa shape index (κ3) is 4.47. The van der Waals surface area contributed by atoms with E-state index in [1.54, 1.807) is 17.5 Å². The molecule has 3 heterocycles. The Bertz CT molecular complexity index is 788. The Morgan fingerprint density at radius 2 is 2.04 bits per heavy atom. The zero-order chi connectivity index (χ0) is 18.7. The van der Waals surface area contributed by atoms with Gasteiger partial charge in [0.25, 0.3) is 0 Å². The SMILES string of the molecule is Cc1ccc(NC(=O)[C@H]2C[C@@H](C(=O)O)CN(Cc3sccc3C)C2)cn1. The number of anilines is 1. The maximum absolute atomic E-state index is 12.7. The summed E-state index contributed by atoms with van der Waals surface area (Å²) < 4.78 is 0. The molecule has 0 aromatic carbocycles. The molecule has 2 atom stereocenters.